The van der Waals surface area contributed by atoms with Crippen LogP contribution in [0.1, 0.15) is 36.6 Å². The van der Waals surface area contributed by atoms with Gasteiger partial charge in [0.15, 0.2) is 11.5 Å². The van der Waals surface area contributed by atoms with Gasteiger partial charge in [0.2, 0.25) is 0 Å². The summed E-state index contributed by atoms with van der Waals surface area (Å²) in [5.41, 5.74) is 9.50. The molecule has 1 aromatic carbocycles. The number of hydrogen-bond donors (Lipinski definition) is 1. The van der Waals surface area contributed by atoms with E-state index in [-0.39, 0.29) is 6.04 Å². The van der Waals surface area contributed by atoms with Crippen molar-refractivity contribution in [3.63, 3.8) is 0 Å². The van der Waals surface area contributed by atoms with Gasteiger partial charge < -0.3 is 15.2 Å². The van der Waals surface area contributed by atoms with Crippen molar-refractivity contribution in [1.82, 2.24) is 0 Å². The van der Waals surface area contributed by atoms with Crippen LogP contribution >= 0.6 is 22.9 Å². The van der Waals surface area contributed by atoms with Gasteiger partial charge in [0.1, 0.15) is 0 Å². The molecule has 21 heavy (non-hydrogen) atoms. The Morgan fingerprint density at radius 2 is 1.71 bits per heavy atom. The fourth-order valence-corrected chi connectivity index (χ4v) is 3.34. The molecule has 2 rings (SSSR count). The van der Waals surface area contributed by atoms with Crippen molar-refractivity contribution < 1.29 is 9.47 Å². The third kappa shape index (κ3) is 3.51. The first-order chi connectivity index (χ1) is 10.1. The largest absolute Gasteiger partial charge is 0.490 e. The molecule has 0 saturated carbocycles. The molecule has 5 heteroatoms. The van der Waals surface area contributed by atoms with Gasteiger partial charge in [0.25, 0.3) is 0 Å². The van der Waals surface area contributed by atoms with Crippen molar-refractivity contribution in [2.75, 3.05) is 13.2 Å². The van der Waals surface area contributed by atoms with Crippen molar-refractivity contribution in [3.8, 4) is 11.5 Å². The van der Waals surface area contributed by atoms with Crippen molar-refractivity contribution in [1.29, 1.82) is 0 Å². The Morgan fingerprint density at radius 1 is 1.10 bits per heavy atom. The van der Waals surface area contributed by atoms with Gasteiger partial charge in [-0.1, -0.05) is 11.6 Å². The van der Waals surface area contributed by atoms with Crippen LogP contribution in [0.3, 0.4) is 0 Å². The molecule has 2 aromatic rings. The maximum atomic E-state index is 6.39. The molecule has 0 bridgehead atoms. The van der Waals surface area contributed by atoms with Gasteiger partial charge in [-0.05, 0) is 54.3 Å². The van der Waals surface area contributed by atoms with Gasteiger partial charge in [-0.15, -0.1) is 0 Å². The molecule has 1 unspecified atom stereocenters. The summed E-state index contributed by atoms with van der Waals surface area (Å²) < 4.78 is 11.2. The Morgan fingerprint density at radius 3 is 2.24 bits per heavy atom. The highest BCUT2D eigenvalue weighted by molar-refractivity contribution is 7.08. The summed E-state index contributed by atoms with van der Waals surface area (Å²) in [4.78, 5) is 0. The summed E-state index contributed by atoms with van der Waals surface area (Å²) in [5, 5.41) is 4.74. The quantitative estimate of drug-likeness (QED) is 0.847. The highest BCUT2D eigenvalue weighted by atomic mass is 35.5. The molecular weight excluding hydrogens is 306 g/mol. The monoisotopic (exact) mass is 325 g/mol. The summed E-state index contributed by atoms with van der Waals surface area (Å²) in [6.45, 7) is 7.04. The number of benzene rings is 1. The molecule has 1 heterocycles. The molecule has 0 saturated heterocycles. The lowest BCUT2D eigenvalue weighted by molar-refractivity contribution is 0.287. The average molecular weight is 326 g/mol. The fraction of sp³-hybridized carbons (Fsp3) is 0.375. The molecule has 0 radical (unpaired) electrons. The van der Waals surface area contributed by atoms with Crippen molar-refractivity contribution in [3.05, 3.63) is 44.6 Å². The smallest absolute Gasteiger partial charge is 0.162 e. The van der Waals surface area contributed by atoms with E-state index in [1.807, 2.05) is 19.9 Å². The first-order valence-electron chi connectivity index (χ1n) is 6.95. The molecular formula is C16H20ClNO2S. The number of rotatable bonds is 6. The number of hydrogen-bond acceptors (Lipinski definition) is 4. The maximum Gasteiger partial charge on any atom is 0.162 e. The van der Waals surface area contributed by atoms with E-state index in [4.69, 9.17) is 26.8 Å². The maximum absolute atomic E-state index is 6.39. The zero-order chi connectivity index (χ0) is 15.4. The molecule has 1 atom stereocenters. The van der Waals surface area contributed by atoms with Crippen molar-refractivity contribution >= 4 is 22.9 Å². The Kier molecular flexibility index (Phi) is 5.51. The molecule has 0 aliphatic heterocycles. The number of halogens is 1. The van der Waals surface area contributed by atoms with Crippen LogP contribution in [-0.4, -0.2) is 13.2 Å². The number of thiophene rings is 1. The topological polar surface area (TPSA) is 44.5 Å². The third-order valence-corrected chi connectivity index (χ3v) is 4.43. The average Bonchev–Trinajstić information content (AvgIpc) is 2.87. The lowest BCUT2D eigenvalue weighted by atomic mass is 9.99. The summed E-state index contributed by atoms with van der Waals surface area (Å²) in [6, 6.07) is 3.41. The van der Waals surface area contributed by atoms with Crippen LogP contribution < -0.4 is 15.2 Å². The SMILES string of the molecule is CCOc1cc(Cl)c(C(N)c2cscc2C)cc1OCC. The summed E-state index contributed by atoms with van der Waals surface area (Å²) in [7, 11) is 0. The Balaban J connectivity index is 2.44. The van der Waals surface area contributed by atoms with Gasteiger partial charge in [-0.2, -0.15) is 11.3 Å². The Hall–Kier alpha value is -1.23. The normalized spacial score (nSPS) is 12.2. The van der Waals surface area contributed by atoms with E-state index < -0.39 is 0 Å². The minimum atomic E-state index is -0.265. The molecule has 114 valence electrons. The number of aryl methyl sites for hydroxylation is 1. The van der Waals surface area contributed by atoms with E-state index in [9.17, 15) is 0 Å². The second-order valence-electron chi connectivity index (χ2n) is 4.67. The van der Waals surface area contributed by atoms with Gasteiger partial charge in [-0.3, -0.25) is 0 Å². The zero-order valence-corrected chi connectivity index (χ0v) is 14.1. The predicted molar refractivity (Wildman–Crippen MR) is 88.9 cm³/mol. The van der Waals surface area contributed by atoms with Crippen LogP contribution in [0.25, 0.3) is 0 Å². The number of nitrogens with two attached hydrogens (primary N) is 1. The van der Waals surface area contributed by atoms with Crippen LogP contribution in [0.4, 0.5) is 0 Å². The molecule has 0 fully saturated rings. The molecule has 0 aliphatic rings. The second kappa shape index (κ2) is 7.16. The minimum absolute atomic E-state index is 0.265. The van der Waals surface area contributed by atoms with Gasteiger partial charge in [0.05, 0.1) is 19.3 Å². The van der Waals surface area contributed by atoms with Crippen molar-refractivity contribution in [2.24, 2.45) is 5.73 Å². The summed E-state index contributed by atoms with van der Waals surface area (Å²) >= 11 is 8.03. The first-order valence-corrected chi connectivity index (χ1v) is 8.27. The zero-order valence-electron chi connectivity index (χ0n) is 12.5. The van der Waals surface area contributed by atoms with Crippen molar-refractivity contribution in [2.45, 2.75) is 26.8 Å². The lowest BCUT2D eigenvalue weighted by Crippen LogP contribution is -2.13. The second-order valence-corrected chi connectivity index (χ2v) is 5.83. The Bertz CT molecular complexity index is 612. The molecule has 3 nitrogen and oxygen atoms in total. The number of ether oxygens (including phenoxy) is 2. The van der Waals surface area contributed by atoms with Gasteiger partial charge in [0, 0.05) is 11.1 Å². The molecule has 2 N–H and O–H groups in total. The van der Waals surface area contributed by atoms with E-state index in [0.29, 0.717) is 29.7 Å². The lowest BCUT2D eigenvalue weighted by Gasteiger charge is -2.18. The minimum Gasteiger partial charge on any atom is -0.490 e. The van der Waals surface area contributed by atoms with Crippen LogP contribution in [0, 0.1) is 6.92 Å². The summed E-state index contributed by atoms with van der Waals surface area (Å²) in [6.07, 6.45) is 0. The van der Waals surface area contributed by atoms with Gasteiger partial charge in [-0.25, -0.2) is 0 Å². The van der Waals surface area contributed by atoms with Crippen LogP contribution in [0.15, 0.2) is 22.9 Å². The highest BCUT2D eigenvalue weighted by Gasteiger charge is 2.19. The Labute approximate surface area is 134 Å². The highest BCUT2D eigenvalue weighted by Crippen LogP contribution is 2.38. The van der Waals surface area contributed by atoms with E-state index >= 15 is 0 Å². The molecule has 0 amide bonds. The molecule has 1 aromatic heterocycles. The van der Waals surface area contributed by atoms with Crippen LogP contribution in [0.2, 0.25) is 5.02 Å². The third-order valence-electron chi connectivity index (χ3n) is 3.23. The van der Waals surface area contributed by atoms with E-state index in [0.717, 1.165) is 11.1 Å². The van der Waals surface area contributed by atoms with E-state index in [1.54, 1.807) is 17.4 Å². The molecule has 0 aliphatic carbocycles. The molecule has 0 spiro atoms. The standard InChI is InChI=1S/C16H20ClNO2S/c1-4-19-14-6-11(13(17)7-15(14)20-5-2)16(18)12-9-21-8-10(12)3/h6-9,16H,4-5,18H2,1-3H3. The van der Waals surface area contributed by atoms with Crippen LogP contribution in [0.5, 0.6) is 11.5 Å². The first kappa shape index (κ1) is 16.1. The predicted octanol–water partition coefficient (Wildman–Crippen LogP) is 4.56. The van der Waals surface area contributed by atoms with E-state index in [1.165, 1.54) is 5.56 Å². The van der Waals surface area contributed by atoms with E-state index in [2.05, 4.69) is 17.7 Å². The summed E-state index contributed by atoms with van der Waals surface area (Å²) in [5.74, 6) is 1.34. The van der Waals surface area contributed by atoms with Gasteiger partial charge >= 0.3 is 0 Å². The van der Waals surface area contributed by atoms with Crippen LogP contribution in [-0.2, 0) is 0 Å². The fourth-order valence-electron chi connectivity index (χ4n) is 2.18.